The zero-order valence-electron chi connectivity index (χ0n) is 11.5. The van der Waals surface area contributed by atoms with E-state index < -0.39 is 0 Å². The van der Waals surface area contributed by atoms with Crippen molar-refractivity contribution in [2.45, 2.75) is 6.54 Å². The van der Waals surface area contributed by atoms with E-state index in [1.165, 1.54) is 11.8 Å². The molecule has 0 saturated carbocycles. The van der Waals surface area contributed by atoms with Crippen molar-refractivity contribution in [3.8, 4) is 16.9 Å². The molecule has 102 valence electrons. The van der Waals surface area contributed by atoms with Gasteiger partial charge in [-0.15, -0.1) is 0 Å². The summed E-state index contributed by atoms with van der Waals surface area (Å²) in [6.45, 7) is 4.32. The Morgan fingerprint density at radius 1 is 1.15 bits per heavy atom. The Balaban J connectivity index is 2.20. The van der Waals surface area contributed by atoms with Crippen LogP contribution in [-0.2, 0) is 6.54 Å². The van der Waals surface area contributed by atoms with Gasteiger partial charge in [-0.05, 0) is 34.9 Å². The quantitative estimate of drug-likeness (QED) is 0.662. The molecule has 0 unspecified atom stereocenters. The Morgan fingerprint density at radius 3 is 2.55 bits per heavy atom. The topological polar surface area (TPSA) is 35.8 Å². The minimum Gasteiger partial charge on any atom is -0.508 e. The summed E-state index contributed by atoms with van der Waals surface area (Å²) < 4.78 is 0. The van der Waals surface area contributed by atoms with Crippen LogP contribution in [0.2, 0.25) is 0 Å². The SMILES string of the molecule is C=C/N=C\N(C)Cc1cccc(-c2cccc(O)c2)c1. The summed E-state index contributed by atoms with van der Waals surface area (Å²) in [5.41, 5.74) is 3.28. The molecule has 0 bridgehead atoms. The highest BCUT2D eigenvalue weighted by Crippen LogP contribution is 2.24. The van der Waals surface area contributed by atoms with Gasteiger partial charge in [0.25, 0.3) is 0 Å². The third-order valence-corrected chi connectivity index (χ3v) is 2.91. The number of phenols is 1. The van der Waals surface area contributed by atoms with Crippen LogP contribution >= 0.6 is 0 Å². The van der Waals surface area contributed by atoms with Crippen LogP contribution in [0.25, 0.3) is 11.1 Å². The average molecular weight is 266 g/mol. The van der Waals surface area contributed by atoms with E-state index in [0.29, 0.717) is 0 Å². The van der Waals surface area contributed by atoms with Crippen LogP contribution in [0.3, 0.4) is 0 Å². The Bertz CT molecular complexity index is 620. The standard InChI is InChI=1S/C17H18N2O/c1-3-18-13-19(2)12-14-6-4-7-15(10-14)16-8-5-9-17(20)11-16/h3-11,13,20H,1,12H2,2H3/b18-13-. The lowest BCUT2D eigenvalue weighted by molar-refractivity contribution is 0.475. The van der Waals surface area contributed by atoms with Gasteiger partial charge in [-0.1, -0.05) is 36.9 Å². The van der Waals surface area contributed by atoms with E-state index in [-0.39, 0.29) is 5.75 Å². The van der Waals surface area contributed by atoms with Crippen molar-refractivity contribution in [2.75, 3.05) is 7.05 Å². The maximum Gasteiger partial charge on any atom is 0.116 e. The summed E-state index contributed by atoms with van der Waals surface area (Å²) in [5, 5.41) is 9.55. The fourth-order valence-electron chi connectivity index (χ4n) is 2.02. The van der Waals surface area contributed by atoms with Crippen molar-refractivity contribution < 1.29 is 5.11 Å². The molecule has 0 aliphatic heterocycles. The van der Waals surface area contributed by atoms with Crippen molar-refractivity contribution in [1.29, 1.82) is 0 Å². The van der Waals surface area contributed by atoms with Gasteiger partial charge in [0.05, 0.1) is 6.34 Å². The highest BCUT2D eigenvalue weighted by Gasteiger charge is 2.01. The lowest BCUT2D eigenvalue weighted by Gasteiger charge is -2.13. The molecule has 1 N–H and O–H groups in total. The van der Waals surface area contributed by atoms with Crippen LogP contribution in [0.1, 0.15) is 5.56 Å². The molecular formula is C17H18N2O. The Labute approximate surface area is 119 Å². The van der Waals surface area contributed by atoms with Gasteiger partial charge in [0.1, 0.15) is 5.75 Å². The third kappa shape index (κ3) is 3.72. The second-order valence-corrected chi connectivity index (χ2v) is 4.61. The van der Waals surface area contributed by atoms with Gasteiger partial charge in [0, 0.05) is 19.8 Å². The summed E-state index contributed by atoms with van der Waals surface area (Å²) in [4.78, 5) is 5.98. The van der Waals surface area contributed by atoms with Crippen molar-refractivity contribution in [3.05, 3.63) is 66.9 Å². The summed E-state index contributed by atoms with van der Waals surface area (Å²) in [7, 11) is 1.97. The molecule has 0 radical (unpaired) electrons. The van der Waals surface area contributed by atoms with E-state index in [1.54, 1.807) is 18.5 Å². The number of benzene rings is 2. The molecule has 0 amide bonds. The van der Waals surface area contributed by atoms with E-state index in [9.17, 15) is 5.11 Å². The molecule has 0 atom stereocenters. The molecule has 3 heteroatoms. The fourth-order valence-corrected chi connectivity index (χ4v) is 2.02. The number of aliphatic imine (C=N–C) groups is 1. The summed E-state index contributed by atoms with van der Waals surface area (Å²) >= 11 is 0. The molecule has 0 aliphatic rings. The third-order valence-electron chi connectivity index (χ3n) is 2.91. The predicted molar refractivity (Wildman–Crippen MR) is 83.7 cm³/mol. The number of phenolic OH excluding ortho intramolecular Hbond substituents is 1. The monoisotopic (exact) mass is 266 g/mol. The number of aromatic hydroxyl groups is 1. The molecule has 3 nitrogen and oxygen atoms in total. The van der Waals surface area contributed by atoms with Crippen LogP contribution < -0.4 is 0 Å². The van der Waals surface area contributed by atoms with Crippen LogP contribution in [0.5, 0.6) is 5.75 Å². The lowest BCUT2D eigenvalue weighted by atomic mass is 10.0. The van der Waals surface area contributed by atoms with Crippen LogP contribution in [0.15, 0.2) is 66.3 Å². The fraction of sp³-hybridized carbons (Fsp3) is 0.118. The summed E-state index contributed by atoms with van der Waals surface area (Å²) in [6.07, 6.45) is 3.26. The maximum atomic E-state index is 9.55. The summed E-state index contributed by atoms with van der Waals surface area (Å²) in [6, 6.07) is 15.5. The van der Waals surface area contributed by atoms with Crippen LogP contribution in [0, 0.1) is 0 Å². The zero-order valence-corrected chi connectivity index (χ0v) is 11.5. The number of hydrogen-bond donors (Lipinski definition) is 1. The molecule has 0 fully saturated rings. The lowest BCUT2D eigenvalue weighted by Crippen LogP contribution is -2.15. The highest BCUT2D eigenvalue weighted by atomic mass is 16.3. The molecule has 2 aromatic carbocycles. The van der Waals surface area contributed by atoms with E-state index >= 15 is 0 Å². The van der Waals surface area contributed by atoms with Gasteiger partial charge in [-0.3, -0.25) is 0 Å². The van der Waals surface area contributed by atoms with Gasteiger partial charge in [0.2, 0.25) is 0 Å². The van der Waals surface area contributed by atoms with E-state index in [2.05, 4.69) is 23.7 Å². The molecule has 0 aliphatic carbocycles. The van der Waals surface area contributed by atoms with Crippen LogP contribution in [-0.4, -0.2) is 23.4 Å². The van der Waals surface area contributed by atoms with E-state index in [4.69, 9.17) is 0 Å². The van der Waals surface area contributed by atoms with Gasteiger partial charge in [0.15, 0.2) is 0 Å². The molecule has 0 aromatic heterocycles. The largest absolute Gasteiger partial charge is 0.508 e. The smallest absolute Gasteiger partial charge is 0.116 e. The molecule has 2 rings (SSSR count). The van der Waals surface area contributed by atoms with Crippen molar-refractivity contribution in [3.63, 3.8) is 0 Å². The van der Waals surface area contributed by atoms with Crippen molar-refractivity contribution >= 4 is 6.34 Å². The van der Waals surface area contributed by atoms with E-state index in [0.717, 1.165) is 17.7 Å². The molecule has 0 spiro atoms. The van der Waals surface area contributed by atoms with Crippen LogP contribution in [0.4, 0.5) is 0 Å². The second-order valence-electron chi connectivity index (χ2n) is 4.61. The normalized spacial score (nSPS) is 10.7. The number of nitrogens with zero attached hydrogens (tertiary/aromatic N) is 2. The first kappa shape index (κ1) is 13.9. The minimum absolute atomic E-state index is 0.281. The Hall–Kier alpha value is -2.55. The Morgan fingerprint density at radius 2 is 1.85 bits per heavy atom. The zero-order chi connectivity index (χ0) is 14.4. The molecule has 0 heterocycles. The summed E-state index contributed by atoms with van der Waals surface area (Å²) in [5.74, 6) is 0.281. The molecular weight excluding hydrogens is 248 g/mol. The molecule has 0 saturated heterocycles. The molecule has 20 heavy (non-hydrogen) atoms. The first-order valence-electron chi connectivity index (χ1n) is 6.42. The van der Waals surface area contributed by atoms with Crippen molar-refractivity contribution in [2.24, 2.45) is 4.99 Å². The Kier molecular flexibility index (Phi) is 4.56. The predicted octanol–water partition coefficient (Wildman–Crippen LogP) is 3.66. The van der Waals surface area contributed by atoms with E-state index in [1.807, 2.05) is 36.2 Å². The number of hydrogen-bond acceptors (Lipinski definition) is 2. The highest BCUT2D eigenvalue weighted by molar-refractivity contribution is 5.65. The number of rotatable bonds is 5. The first-order chi connectivity index (χ1) is 9.69. The maximum absolute atomic E-state index is 9.55. The molecule has 2 aromatic rings. The van der Waals surface area contributed by atoms with Crippen molar-refractivity contribution in [1.82, 2.24) is 4.90 Å². The second kappa shape index (κ2) is 6.57. The first-order valence-corrected chi connectivity index (χ1v) is 6.42. The van der Waals surface area contributed by atoms with Gasteiger partial charge < -0.3 is 10.0 Å². The van der Waals surface area contributed by atoms with Gasteiger partial charge in [-0.2, -0.15) is 0 Å². The minimum atomic E-state index is 0.281. The average Bonchev–Trinajstić information content (AvgIpc) is 2.45. The van der Waals surface area contributed by atoms with Gasteiger partial charge in [-0.25, -0.2) is 4.99 Å². The van der Waals surface area contributed by atoms with Gasteiger partial charge >= 0.3 is 0 Å².